The summed E-state index contributed by atoms with van der Waals surface area (Å²) in [4.78, 5) is 28.6. The van der Waals surface area contributed by atoms with Crippen LogP contribution in [-0.2, 0) is 24.1 Å². The van der Waals surface area contributed by atoms with Crippen LogP contribution >= 0.6 is 0 Å². The first kappa shape index (κ1) is 20.2. The summed E-state index contributed by atoms with van der Waals surface area (Å²) in [5, 5.41) is 8.95. The highest BCUT2D eigenvalue weighted by atomic mass is 19.1. The van der Waals surface area contributed by atoms with Crippen LogP contribution in [0.15, 0.2) is 36.4 Å². The molecule has 0 unspecified atom stereocenters. The lowest BCUT2D eigenvalue weighted by atomic mass is 10.0. The summed E-state index contributed by atoms with van der Waals surface area (Å²) in [6.45, 7) is 3.80. The van der Waals surface area contributed by atoms with Crippen LogP contribution in [0, 0.1) is 17.1 Å². The number of benzene rings is 2. The van der Waals surface area contributed by atoms with Crippen LogP contribution in [-0.4, -0.2) is 54.2 Å². The lowest BCUT2D eigenvalue weighted by Crippen LogP contribution is -2.49. The molecule has 0 aromatic heterocycles. The summed E-state index contributed by atoms with van der Waals surface area (Å²) in [7, 11) is 0. The molecular weight excluding hydrogens is 381 g/mol. The quantitative estimate of drug-likeness (QED) is 0.767. The molecule has 0 saturated carbocycles. The number of halogens is 1. The molecule has 0 atom stereocenters. The number of amides is 1. The summed E-state index contributed by atoms with van der Waals surface area (Å²) in [6.07, 6.45) is 2.47. The van der Waals surface area contributed by atoms with Crippen LogP contribution in [0.25, 0.3) is 0 Å². The zero-order chi connectivity index (χ0) is 21.1. The number of nitriles is 1. The van der Waals surface area contributed by atoms with E-state index < -0.39 is 5.82 Å². The monoisotopic (exact) mass is 405 g/mol. The fourth-order valence-electron chi connectivity index (χ4n) is 4.23. The van der Waals surface area contributed by atoms with E-state index in [1.165, 1.54) is 6.07 Å². The minimum Gasteiger partial charge on any atom is -0.340 e. The van der Waals surface area contributed by atoms with Gasteiger partial charge in [0.25, 0.3) is 0 Å². The first-order chi connectivity index (χ1) is 14.5. The first-order valence-electron chi connectivity index (χ1n) is 10.4. The molecule has 1 fully saturated rings. The van der Waals surface area contributed by atoms with E-state index in [9.17, 15) is 14.0 Å². The molecule has 6 heteroatoms. The van der Waals surface area contributed by atoms with E-state index in [1.54, 1.807) is 12.1 Å². The SMILES string of the molecule is N#Cc1cc(CCN2CCN(C(=O)Cc3ccc4c(c3)CCC4=O)CC2)ccc1F. The van der Waals surface area contributed by atoms with Crippen molar-refractivity contribution in [2.45, 2.75) is 25.7 Å². The molecule has 1 saturated heterocycles. The van der Waals surface area contributed by atoms with Crippen molar-refractivity contribution in [3.05, 3.63) is 70.0 Å². The van der Waals surface area contributed by atoms with E-state index >= 15 is 0 Å². The Morgan fingerprint density at radius 1 is 1.03 bits per heavy atom. The zero-order valence-corrected chi connectivity index (χ0v) is 16.9. The molecular formula is C24H24FN3O2. The highest BCUT2D eigenvalue weighted by Gasteiger charge is 2.23. The second kappa shape index (κ2) is 8.76. The van der Waals surface area contributed by atoms with Gasteiger partial charge in [-0.25, -0.2) is 4.39 Å². The van der Waals surface area contributed by atoms with Gasteiger partial charge in [-0.1, -0.05) is 24.3 Å². The van der Waals surface area contributed by atoms with Gasteiger partial charge in [0.15, 0.2) is 5.78 Å². The third-order valence-electron chi connectivity index (χ3n) is 6.04. The van der Waals surface area contributed by atoms with E-state index in [-0.39, 0.29) is 17.3 Å². The number of rotatable bonds is 5. The van der Waals surface area contributed by atoms with E-state index in [0.29, 0.717) is 25.9 Å². The van der Waals surface area contributed by atoms with Crippen LogP contribution in [0.3, 0.4) is 0 Å². The minimum absolute atomic E-state index is 0.0823. The molecule has 4 rings (SSSR count). The maximum absolute atomic E-state index is 13.4. The molecule has 154 valence electrons. The third kappa shape index (κ3) is 4.42. The largest absolute Gasteiger partial charge is 0.340 e. The highest BCUT2D eigenvalue weighted by Crippen LogP contribution is 2.23. The van der Waals surface area contributed by atoms with Gasteiger partial charge < -0.3 is 4.90 Å². The van der Waals surface area contributed by atoms with E-state index in [0.717, 1.165) is 54.7 Å². The van der Waals surface area contributed by atoms with E-state index in [4.69, 9.17) is 5.26 Å². The molecule has 1 aliphatic heterocycles. The molecule has 2 aromatic rings. The van der Waals surface area contributed by atoms with Gasteiger partial charge in [0.2, 0.25) is 5.91 Å². The van der Waals surface area contributed by atoms with Crippen LogP contribution in [0.4, 0.5) is 4.39 Å². The van der Waals surface area contributed by atoms with Gasteiger partial charge in [0, 0.05) is 44.7 Å². The van der Waals surface area contributed by atoms with Crippen LogP contribution in [0.1, 0.15) is 39.0 Å². The van der Waals surface area contributed by atoms with Gasteiger partial charge in [-0.3, -0.25) is 14.5 Å². The second-order valence-corrected chi connectivity index (χ2v) is 7.99. The van der Waals surface area contributed by atoms with Gasteiger partial charge in [-0.15, -0.1) is 0 Å². The zero-order valence-electron chi connectivity index (χ0n) is 16.9. The number of Topliss-reactive ketones (excluding diaryl/α,β-unsaturated/α-hetero) is 1. The Morgan fingerprint density at radius 3 is 2.57 bits per heavy atom. The Kier molecular flexibility index (Phi) is 5.91. The van der Waals surface area contributed by atoms with Gasteiger partial charge in [0.1, 0.15) is 11.9 Å². The lowest BCUT2D eigenvalue weighted by Gasteiger charge is -2.35. The Morgan fingerprint density at radius 2 is 1.80 bits per heavy atom. The maximum atomic E-state index is 13.4. The fraction of sp³-hybridized carbons (Fsp3) is 0.375. The van der Waals surface area contributed by atoms with Crippen LogP contribution in [0.5, 0.6) is 0 Å². The van der Waals surface area contributed by atoms with E-state index in [2.05, 4.69) is 4.90 Å². The smallest absolute Gasteiger partial charge is 0.227 e. The molecule has 2 aliphatic rings. The van der Waals surface area contributed by atoms with Crippen molar-refractivity contribution in [1.29, 1.82) is 5.26 Å². The summed E-state index contributed by atoms with van der Waals surface area (Å²) in [5.41, 5.74) is 3.87. The first-order valence-corrected chi connectivity index (χ1v) is 10.4. The van der Waals surface area contributed by atoms with Crippen molar-refractivity contribution in [3.63, 3.8) is 0 Å². The predicted octanol–water partition coefficient (Wildman–Crippen LogP) is 2.76. The number of ketones is 1. The Labute approximate surface area is 175 Å². The topological polar surface area (TPSA) is 64.4 Å². The number of carbonyl (C=O) groups excluding carboxylic acids is 2. The third-order valence-corrected chi connectivity index (χ3v) is 6.04. The number of nitrogens with zero attached hydrogens (tertiary/aromatic N) is 3. The van der Waals surface area contributed by atoms with Crippen molar-refractivity contribution in [3.8, 4) is 6.07 Å². The molecule has 5 nitrogen and oxygen atoms in total. The molecule has 1 aliphatic carbocycles. The molecule has 0 spiro atoms. The van der Waals surface area contributed by atoms with Crippen molar-refractivity contribution >= 4 is 11.7 Å². The average Bonchev–Trinajstić information content (AvgIpc) is 3.13. The second-order valence-electron chi connectivity index (χ2n) is 7.99. The Bertz CT molecular complexity index is 1020. The van der Waals surface area contributed by atoms with Crippen molar-refractivity contribution in [1.82, 2.24) is 9.80 Å². The predicted molar refractivity (Wildman–Crippen MR) is 111 cm³/mol. The lowest BCUT2D eigenvalue weighted by molar-refractivity contribution is -0.132. The summed E-state index contributed by atoms with van der Waals surface area (Å²) in [6, 6.07) is 12.3. The number of carbonyl (C=O) groups is 2. The Hall–Kier alpha value is -3.04. The molecule has 2 aromatic carbocycles. The number of aryl methyl sites for hydroxylation is 1. The summed E-state index contributed by atoms with van der Waals surface area (Å²) < 4.78 is 13.4. The Balaban J connectivity index is 1.26. The van der Waals surface area contributed by atoms with E-state index in [1.807, 2.05) is 29.2 Å². The molecule has 1 heterocycles. The molecule has 0 bridgehead atoms. The maximum Gasteiger partial charge on any atom is 0.227 e. The number of hydrogen-bond donors (Lipinski definition) is 0. The van der Waals surface area contributed by atoms with Crippen LogP contribution < -0.4 is 0 Å². The molecule has 0 N–H and O–H groups in total. The van der Waals surface area contributed by atoms with Crippen molar-refractivity contribution in [2.75, 3.05) is 32.7 Å². The van der Waals surface area contributed by atoms with Crippen LogP contribution in [0.2, 0.25) is 0 Å². The summed E-state index contributed by atoms with van der Waals surface area (Å²) >= 11 is 0. The fourth-order valence-corrected chi connectivity index (χ4v) is 4.23. The van der Waals surface area contributed by atoms with Crippen molar-refractivity contribution in [2.24, 2.45) is 0 Å². The number of fused-ring (bicyclic) bond motifs is 1. The minimum atomic E-state index is -0.483. The van der Waals surface area contributed by atoms with Gasteiger partial charge in [-0.2, -0.15) is 5.26 Å². The number of piperazine rings is 1. The highest BCUT2D eigenvalue weighted by molar-refractivity contribution is 6.00. The average molecular weight is 405 g/mol. The summed E-state index contributed by atoms with van der Waals surface area (Å²) in [5.74, 6) is -0.164. The van der Waals surface area contributed by atoms with Gasteiger partial charge in [-0.05, 0) is 41.7 Å². The molecule has 30 heavy (non-hydrogen) atoms. The number of hydrogen-bond acceptors (Lipinski definition) is 4. The van der Waals surface area contributed by atoms with Gasteiger partial charge >= 0.3 is 0 Å². The standard InChI is InChI=1S/C24H24FN3O2/c25-22-5-2-17(13-20(22)16-26)7-8-27-9-11-28(12-10-27)24(30)15-18-1-4-21-19(14-18)3-6-23(21)29/h1-2,4-5,13-14H,3,6-12,15H2. The van der Waals surface area contributed by atoms with Crippen molar-refractivity contribution < 1.29 is 14.0 Å². The molecule has 0 radical (unpaired) electrons. The normalized spacial score (nSPS) is 16.4. The van der Waals surface area contributed by atoms with Gasteiger partial charge in [0.05, 0.1) is 12.0 Å². The molecule has 1 amide bonds.